The second-order valence-corrected chi connectivity index (χ2v) is 6.60. The van der Waals surface area contributed by atoms with Crippen molar-refractivity contribution < 1.29 is 14.6 Å². The molecular weight excluding hydrogens is 280 g/mol. The van der Waals surface area contributed by atoms with Crippen LogP contribution in [0.3, 0.4) is 0 Å². The minimum Gasteiger partial charge on any atom is -0.389 e. The highest BCUT2D eigenvalue weighted by atomic mass is 16.5. The number of hydrogen-bond acceptors (Lipinski definition) is 5. The van der Waals surface area contributed by atoms with Crippen molar-refractivity contribution >= 4 is 0 Å². The molecule has 1 atom stereocenters. The zero-order valence-electron chi connectivity index (χ0n) is 14.0. The predicted molar refractivity (Wildman–Crippen MR) is 88.2 cm³/mol. The summed E-state index contributed by atoms with van der Waals surface area (Å²) in [5, 5.41) is 9.96. The molecule has 0 unspecified atom stereocenters. The fraction of sp³-hybridized carbons (Fsp3) is 1.00. The third-order valence-corrected chi connectivity index (χ3v) is 4.60. The number of aliphatic hydroxyl groups excluding tert-OH is 1. The van der Waals surface area contributed by atoms with E-state index in [0.29, 0.717) is 19.8 Å². The second-order valence-electron chi connectivity index (χ2n) is 6.60. The van der Waals surface area contributed by atoms with E-state index in [1.165, 1.54) is 51.6 Å². The maximum Gasteiger partial charge on any atom is 0.0900 e. The van der Waals surface area contributed by atoms with Crippen LogP contribution < -0.4 is 0 Å². The minimum absolute atomic E-state index is 0.369. The van der Waals surface area contributed by atoms with E-state index in [0.717, 1.165) is 32.8 Å². The van der Waals surface area contributed by atoms with E-state index >= 15 is 0 Å². The van der Waals surface area contributed by atoms with Crippen LogP contribution in [0.1, 0.15) is 38.5 Å². The summed E-state index contributed by atoms with van der Waals surface area (Å²) in [6.07, 6.45) is 7.53. The van der Waals surface area contributed by atoms with Gasteiger partial charge in [-0.15, -0.1) is 0 Å². The maximum absolute atomic E-state index is 9.96. The molecule has 0 saturated carbocycles. The van der Waals surface area contributed by atoms with Crippen LogP contribution in [0.4, 0.5) is 0 Å². The van der Waals surface area contributed by atoms with Crippen molar-refractivity contribution in [2.75, 3.05) is 65.7 Å². The van der Waals surface area contributed by atoms with Crippen molar-refractivity contribution in [1.82, 2.24) is 9.80 Å². The van der Waals surface area contributed by atoms with E-state index in [4.69, 9.17) is 9.47 Å². The third-order valence-electron chi connectivity index (χ3n) is 4.60. The Morgan fingerprint density at radius 1 is 0.727 bits per heavy atom. The van der Waals surface area contributed by atoms with Crippen molar-refractivity contribution in [2.45, 2.75) is 44.6 Å². The van der Waals surface area contributed by atoms with Crippen LogP contribution in [-0.2, 0) is 9.47 Å². The fourth-order valence-corrected chi connectivity index (χ4v) is 3.31. The van der Waals surface area contributed by atoms with Crippen LogP contribution in [-0.4, -0.2) is 86.7 Å². The smallest absolute Gasteiger partial charge is 0.0900 e. The Hall–Kier alpha value is -0.200. The molecule has 0 aliphatic carbocycles. The Kier molecular flexibility index (Phi) is 9.36. The van der Waals surface area contributed by atoms with E-state index in [1.807, 2.05) is 0 Å². The standard InChI is InChI=1S/C17H34N2O3/c20-17(15-19-9-5-2-6-10-19)16-22-14-13-21-12-11-18-7-3-1-4-8-18/h17,20H,1-16H2/t17-/m0/s1. The maximum atomic E-state index is 9.96. The topological polar surface area (TPSA) is 45.2 Å². The summed E-state index contributed by atoms with van der Waals surface area (Å²) in [5.74, 6) is 0. The molecule has 2 fully saturated rings. The Morgan fingerprint density at radius 3 is 2.00 bits per heavy atom. The molecular formula is C17H34N2O3. The fourth-order valence-electron chi connectivity index (χ4n) is 3.31. The third kappa shape index (κ3) is 7.88. The molecule has 130 valence electrons. The highest BCUT2D eigenvalue weighted by molar-refractivity contribution is 4.68. The number of nitrogens with zero attached hydrogens (tertiary/aromatic N) is 2. The van der Waals surface area contributed by atoms with Crippen molar-refractivity contribution in [3.8, 4) is 0 Å². The summed E-state index contributed by atoms with van der Waals surface area (Å²) >= 11 is 0. The summed E-state index contributed by atoms with van der Waals surface area (Å²) < 4.78 is 11.1. The number of β-amino-alcohol motifs (C(OH)–C–C–N with tert-alkyl or cyclic N) is 1. The normalized spacial score (nSPS) is 22.8. The number of rotatable bonds is 10. The summed E-state index contributed by atoms with van der Waals surface area (Å²) in [4.78, 5) is 4.82. The van der Waals surface area contributed by atoms with E-state index in [1.54, 1.807) is 0 Å². The van der Waals surface area contributed by atoms with Crippen LogP contribution in [0.25, 0.3) is 0 Å². The summed E-state index contributed by atoms with van der Waals surface area (Å²) in [6, 6.07) is 0. The average Bonchev–Trinajstić information content (AvgIpc) is 2.56. The van der Waals surface area contributed by atoms with E-state index in [9.17, 15) is 5.11 Å². The van der Waals surface area contributed by atoms with Gasteiger partial charge < -0.3 is 24.4 Å². The molecule has 5 heteroatoms. The van der Waals surface area contributed by atoms with Crippen molar-refractivity contribution in [3.05, 3.63) is 0 Å². The lowest BCUT2D eigenvalue weighted by atomic mass is 10.1. The zero-order chi connectivity index (χ0) is 15.5. The Labute approximate surface area is 135 Å². The van der Waals surface area contributed by atoms with Gasteiger partial charge in [-0.05, 0) is 51.9 Å². The number of ether oxygens (including phenoxy) is 2. The molecule has 0 aromatic carbocycles. The van der Waals surface area contributed by atoms with Gasteiger partial charge in [0.1, 0.15) is 0 Å². The van der Waals surface area contributed by atoms with Gasteiger partial charge in [-0.25, -0.2) is 0 Å². The SMILES string of the molecule is O[C@H](COCCOCCN1CCCCC1)CN1CCCCC1. The first kappa shape index (κ1) is 18.1. The number of piperidine rings is 2. The molecule has 0 bridgehead atoms. The summed E-state index contributed by atoms with van der Waals surface area (Å²) in [7, 11) is 0. The molecule has 2 aliphatic heterocycles. The largest absolute Gasteiger partial charge is 0.389 e. The Bertz CT molecular complexity index is 267. The first-order chi connectivity index (χ1) is 10.8. The first-order valence-corrected chi connectivity index (χ1v) is 9.13. The van der Waals surface area contributed by atoms with Gasteiger partial charge in [0.2, 0.25) is 0 Å². The number of hydrogen-bond donors (Lipinski definition) is 1. The van der Waals surface area contributed by atoms with E-state index in [2.05, 4.69) is 9.80 Å². The second kappa shape index (κ2) is 11.4. The quantitative estimate of drug-likeness (QED) is 0.617. The van der Waals surface area contributed by atoms with Gasteiger partial charge in [0.25, 0.3) is 0 Å². The van der Waals surface area contributed by atoms with Crippen LogP contribution in [0.15, 0.2) is 0 Å². The van der Waals surface area contributed by atoms with Crippen LogP contribution in [0, 0.1) is 0 Å². The molecule has 5 nitrogen and oxygen atoms in total. The van der Waals surface area contributed by atoms with Gasteiger partial charge in [-0.3, -0.25) is 0 Å². The lowest BCUT2D eigenvalue weighted by molar-refractivity contribution is -0.0120. The molecule has 2 rings (SSSR count). The molecule has 0 radical (unpaired) electrons. The zero-order valence-corrected chi connectivity index (χ0v) is 14.0. The van der Waals surface area contributed by atoms with E-state index < -0.39 is 0 Å². The summed E-state index contributed by atoms with van der Waals surface area (Å²) in [6.45, 7) is 8.90. The summed E-state index contributed by atoms with van der Waals surface area (Å²) in [5.41, 5.74) is 0. The van der Waals surface area contributed by atoms with Gasteiger partial charge >= 0.3 is 0 Å². The average molecular weight is 314 g/mol. The van der Waals surface area contributed by atoms with Crippen molar-refractivity contribution in [3.63, 3.8) is 0 Å². The van der Waals surface area contributed by atoms with Crippen LogP contribution in [0.2, 0.25) is 0 Å². The number of aliphatic hydroxyl groups is 1. The molecule has 0 aromatic heterocycles. The highest BCUT2D eigenvalue weighted by Gasteiger charge is 2.14. The molecule has 0 spiro atoms. The molecule has 2 aliphatic rings. The van der Waals surface area contributed by atoms with Gasteiger partial charge in [0.05, 0.1) is 32.5 Å². The molecule has 1 N–H and O–H groups in total. The van der Waals surface area contributed by atoms with Crippen molar-refractivity contribution in [2.24, 2.45) is 0 Å². The van der Waals surface area contributed by atoms with Gasteiger partial charge in [-0.1, -0.05) is 12.8 Å². The number of likely N-dealkylation sites (tertiary alicyclic amines) is 2. The molecule has 2 saturated heterocycles. The van der Waals surface area contributed by atoms with Crippen LogP contribution in [0.5, 0.6) is 0 Å². The van der Waals surface area contributed by atoms with E-state index in [-0.39, 0.29) is 6.10 Å². The first-order valence-electron chi connectivity index (χ1n) is 9.13. The minimum atomic E-state index is -0.369. The van der Waals surface area contributed by atoms with Crippen molar-refractivity contribution in [1.29, 1.82) is 0 Å². The monoisotopic (exact) mass is 314 g/mol. The Balaban J connectivity index is 1.37. The lowest BCUT2D eigenvalue weighted by Gasteiger charge is -2.28. The Morgan fingerprint density at radius 2 is 1.32 bits per heavy atom. The molecule has 22 heavy (non-hydrogen) atoms. The van der Waals surface area contributed by atoms with Crippen LogP contribution >= 0.6 is 0 Å². The predicted octanol–water partition coefficient (Wildman–Crippen LogP) is 1.35. The highest BCUT2D eigenvalue weighted by Crippen LogP contribution is 2.09. The van der Waals surface area contributed by atoms with Gasteiger partial charge in [0, 0.05) is 13.1 Å². The van der Waals surface area contributed by atoms with Gasteiger partial charge in [-0.2, -0.15) is 0 Å². The molecule has 0 aromatic rings. The van der Waals surface area contributed by atoms with Gasteiger partial charge in [0.15, 0.2) is 0 Å². The lowest BCUT2D eigenvalue weighted by Crippen LogP contribution is -2.38. The molecule has 0 amide bonds. The molecule has 2 heterocycles.